The highest BCUT2D eigenvalue weighted by atomic mass is 79.9. The number of allylic oxidation sites excluding steroid dienone is 1. The monoisotopic (exact) mass is 535 g/mol. The number of nitrogens with zero attached hydrogens (tertiary/aromatic N) is 1. The minimum absolute atomic E-state index is 0.179. The summed E-state index contributed by atoms with van der Waals surface area (Å²) < 4.78 is 6.60. The molecule has 0 radical (unpaired) electrons. The fourth-order valence-electron chi connectivity index (χ4n) is 3.71. The number of hydrogen-bond acceptors (Lipinski definition) is 5. The number of nitrogens with one attached hydrogen (secondary N) is 2. The van der Waals surface area contributed by atoms with Crippen LogP contribution in [0, 0.1) is 6.92 Å². The summed E-state index contributed by atoms with van der Waals surface area (Å²) in [6.45, 7) is 3.92. The number of anilines is 1. The van der Waals surface area contributed by atoms with Crippen LogP contribution in [0.1, 0.15) is 29.7 Å². The molecule has 34 heavy (non-hydrogen) atoms. The van der Waals surface area contributed by atoms with Crippen LogP contribution in [0.2, 0.25) is 0 Å². The van der Waals surface area contributed by atoms with Crippen LogP contribution >= 0.6 is 27.7 Å². The number of carbonyl (C=O) groups excluding carboxylic acids is 1. The molecule has 0 aliphatic carbocycles. The molecule has 2 N–H and O–H groups in total. The number of benzene rings is 3. The number of aliphatic imine (C=N–C) groups is 1. The molecule has 0 spiro atoms. The molecule has 1 aliphatic heterocycles. The topological polar surface area (TPSA) is 62.7 Å². The van der Waals surface area contributed by atoms with Crippen molar-refractivity contribution in [3.8, 4) is 5.75 Å². The van der Waals surface area contributed by atoms with Crippen molar-refractivity contribution in [2.45, 2.75) is 25.6 Å². The second-order valence-electron chi connectivity index (χ2n) is 7.96. The summed E-state index contributed by atoms with van der Waals surface area (Å²) >= 11 is 5.09. The van der Waals surface area contributed by atoms with Crippen LogP contribution < -0.4 is 15.4 Å². The Balaban J connectivity index is 1.65. The van der Waals surface area contributed by atoms with Crippen LogP contribution in [0.15, 0.2) is 93.5 Å². The molecule has 5 nitrogen and oxygen atoms in total. The molecule has 1 amide bonds. The van der Waals surface area contributed by atoms with Crippen molar-refractivity contribution < 1.29 is 9.53 Å². The Morgan fingerprint density at radius 3 is 2.53 bits per heavy atom. The number of para-hydroxylation sites is 1. The van der Waals surface area contributed by atoms with E-state index in [0.717, 1.165) is 43.7 Å². The molecule has 0 saturated carbocycles. The minimum atomic E-state index is -0.452. The lowest BCUT2D eigenvalue weighted by Crippen LogP contribution is -2.32. The van der Waals surface area contributed by atoms with Gasteiger partial charge in [-0.05, 0) is 60.9 Å². The maximum atomic E-state index is 13.4. The first-order valence-electron chi connectivity index (χ1n) is 10.9. The van der Waals surface area contributed by atoms with Gasteiger partial charge in [-0.15, -0.1) is 0 Å². The zero-order valence-electron chi connectivity index (χ0n) is 19.3. The van der Waals surface area contributed by atoms with E-state index >= 15 is 0 Å². The Hall–Kier alpha value is -3.03. The number of thioether (sulfide) groups is 1. The quantitative estimate of drug-likeness (QED) is 0.372. The zero-order valence-corrected chi connectivity index (χ0v) is 21.7. The SMILES string of the molecule is COc1cc([C@H]2N=C(SCc3ccc(Br)cc3)NC(C)=C2C(=O)Nc2ccccc2)ccc1C. The van der Waals surface area contributed by atoms with E-state index in [0.29, 0.717) is 5.57 Å². The van der Waals surface area contributed by atoms with E-state index in [1.165, 1.54) is 5.56 Å². The smallest absolute Gasteiger partial charge is 0.255 e. The van der Waals surface area contributed by atoms with Gasteiger partial charge in [-0.3, -0.25) is 4.79 Å². The highest BCUT2D eigenvalue weighted by Gasteiger charge is 2.30. The maximum absolute atomic E-state index is 13.4. The van der Waals surface area contributed by atoms with Gasteiger partial charge in [0.2, 0.25) is 0 Å². The summed E-state index contributed by atoms with van der Waals surface area (Å²) in [5.74, 6) is 1.36. The van der Waals surface area contributed by atoms with E-state index in [-0.39, 0.29) is 5.91 Å². The van der Waals surface area contributed by atoms with Gasteiger partial charge in [0.25, 0.3) is 5.91 Å². The van der Waals surface area contributed by atoms with Crippen molar-refractivity contribution in [2.24, 2.45) is 4.99 Å². The highest BCUT2D eigenvalue weighted by Crippen LogP contribution is 2.35. The van der Waals surface area contributed by atoms with Crippen LogP contribution in [-0.2, 0) is 10.5 Å². The molecule has 1 atom stereocenters. The summed E-state index contributed by atoms with van der Waals surface area (Å²) in [6, 6.07) is 23.2. The Kier molecular flexibility index (Phi) is 7.75. The number of amides is 1. The van der Waals surface area contributed by atoms with Crippen molar-refractivity contribution in [2.75, 3.05) is 12.4 Å². The highest BCUT2D eigenvalue weighted by molar-refractivity contribution is 9.10. The maximum Gasteiger partial charge on any atom is 0.255 e. The van der Waals surface area contributed by atoms with Crippen LogP contribution in [0.4, 0.5) is 5.69 Å². The van der Waals surface area contributed by atoms with Crippen molar-refractivity contribution in [3.05, 3.63) is 105 Å². The van der Waals surface area contributed by atoms with Gasteiger partial charge in [0.1, 0.15) is 11.8 Å². The number of halogens is 1. The number of ether oxygens (including phenoxy) is 1. The van der Waals surface area contributed by atoms with E-state index in [2.05, 4.69) is 38.7 Å². The molecule has 0 bridgehead atoms. The van der Waals surface area contributed by atoms with Crippen LogP contribution in [0.5, 0.6) is 5.75 Å². The predicted molar refractivity (Wildman–Crippen MR) is 144 cm³/mol. The molecule has 3 aromatic carbocycles. The molecule has 1 aliphatic rings. The Labute approximate surface area is 212 Å². The van der Waals surface area contributed by atoms with Gasteiger partial charge in [0, 0.05) is 21.6 Å². The van der Waals surface area contributed by atoms with Gasteiger partial charge >= 0.3 is 0 Å². The third-order valence-electron chi connectivity index (χ3n) is 5.53. The Morgan fingerprint density at radius 2 is 1.82 bits per heavy atom. The molecule has 0 saturated heterocycles. The fourth-order valence-corrected chi connectivity index (χ4v) is 4.88. The number of carbonyl (C=O) groups is 1. The second-order valence-corrected chi connectivity index (χ2v) is 9.84. The normalized spacial score (nSPS) is 15.4. The molecule has 7 heteroatoms. The molecule has 174 valence electrons. The number of amidine groups is 1. The average molecular weight is 536 g/mol. The molecule has 0 aromatic heterocycles. The summed E-state index contributed by atoms with van der Waals surface area (Å²) in [6.07, 6.45) is 0. The lowest BCUT2D eigenvalue weighted by atomic mass is 9.94. The van der Waals surface area contributed by atoms with E-state index < -0.39 is 6.04 Å². The molecule has 1 heterocycles. The molecular weight excluding hydrogens is 510 g/mol. The first-order valence-corrected chi connectivity index (χ1v) is 12.7. The summed E-state index contributed by atoms with van der Waals surface area (Å²) in [5, 5.41) is 7.14. The van der Waals surface area contributed by atoms with Crippen molar-refractivity contribution in [1.82, 2.24) is 5.32 Å². The number of hydrogen-bond donors (Lipinski definition) is 2. The molecular formula is C27H26BrN3O2S. The standard InChI is InChI=1S/C27H26BrN3O2S/c1-17-9-12-20(15-23(17)33-3)25-24(26(32)30-22-7-5-4-6-8-22)18(2)29-27(31-25)34-16-19-10-13-21(28)14-11-19/h4-15,25H,16H2,1-3H3,(H,29,31)(H,30,32)/t25-/m1/s1. The first kappa shape index (κ1) is 24.1. The summed E-state index contributed by atoms with van der Waals surface area (Å²) in [5.41, 5.74) is 5.25. The van der Waals surface area contributed by atoms with Gasteiger partial charge in [-0.25, -0.2) is 4.99 Å². The van der Waals surface area contributed by atoms with Crippen LogP contribution in [0.25, 0.3) is 0 Å². The van der Waals surface area contributed by atoms with Gasteiger partial charge in [-0.1, -0.05) is 70.2 Å². The number of rotatable bonds is 6. The number of aryl methyl sites for hydroxylation is 1. The molecule has 3 aromatic rings. The Bertz CT molecular complexity index is 1240. The van der Waals surface area contributed by atoms with Crippen molar-refractivity contribution in [1.29, 1.82) is 0 Å². The van der Waals surface area contributed by atoms with E-state index in [4.69, 9.17) is 9.73 Å². The third-order valence-corrected chi connectivity index (χ3v) is 7.02. The second kappa shape index (κ2) is 10.9. The van der Waals surface area contributed by atoms with Crippen LogP contribution in [-0.4, -0.2) is 18.2 Å². The van der Waals surface area contributed by atoms with Gasteiger partial charge in [-0.2, -0.15) is 0 Å². The molecule has 0 unspecified atom stereocenters. The fraction of sp³-hybridized carbons (Fsp3) is 0.185. The molecule has 4 rings (SSSR count). The number of methoxy groups -OCH3 is 1. The van der Waals surface area contributed by atoms with E-state index in [1.807, 2.05) is 74.5 Å². The van der Waals surface area contributed by atoms with Gasteiger partial charge in [0.05, 0.1) is 12.7 Å². The first-order chi connectivity index (χ1) is 16.4. The summed E-state index contributed by atoms with van der Waals surface area (Å²) in [7, 11) is 1.65. The van der Waals surface area contributed by atoms with Gasteiger partial charge in [0.15, 0.2) is 5.17 Å². The van der Waals surface area contributed by atoms with Gasteiger partial charge < -0.3 is 15.4 Å². The zero-order chi connectivity index (χ0) is 24.1. The van der Waals surface area contributed by atoms with Crippen LogP contribution in [0.3, 0.4) is 0 Å². The Morgan fingerprint density at radius 1 is 1.09 bits per heavy atom. The average Bonchev–Trinajstić information content (AvgIpc) is 2.84. The minimum Gasteiger partial charge on any atom is -0.496 e. The van der Waals surface area contributed by atoms with Crippen molar-refractivity contribution in [3.63, 3.8) is 0 Å². The van der Waals surface area contributed by atoms with E-state index in [1.54, 1.807) is 18.9 Å². The third kappa shape index (κ3) is 5.72. The lowest BCUT2D eigenvalue weighted by Gasteiger charge is -2.27. The largest absolute Gasteiger partial charge is 0.496 e. The molecule has 0 fully saturated rings. The summed E-state index contributed by atoms with van der Waals surface area (Å²) in [4.78, 5) is 18.3. The van der Waals surface area contributed by atoms with Crippen molar-refractivity contribution >= 4 is 44.5 Å². The lowest BCUT2D eigenvalue weighted by molar-refractivity contribution is -0.113. The predicted octanol–water partition coefficient (Wildman–Crippen LogP) is 6.61. The van der Waals surface area contributed by atoms with E-state index in [9.17, 15) is 4.79 Å².